The molecule has 2 aromatic rings. The smallest absolute Gasteiger partial charge is 0.407 e. The molecule has 1 spiro atoms. The van der Waals surface area contributed by atoms with Crippen molar-refractivity contribution < 1.29 is 18.7 Å². The van der Waals surface area contributed by atoms with Crippen LogP contribution in [0, 0.1) is 6.92 Å². The van der Waals surface area contributed by atoms with E-state index in [1.54, 1.807) is 11.0 Å². The lowest BCUT2D eigenvalue weighted by molar-refractivity contribution is -0.136. The maximum absolute atomic E-state index is 12.8. The Balaban J connectivity index is 1.57. The van der Waals surface area contributed by atoms with Gasteiger partial charge in [0.25, 0.3) is 0 Å². The number of benzene rings is 1. The Morgan fingerprint density at radius 1 is 1.31 bits per heavy atom. The lowest BCUT2D eigenvalue weighted by Gasteiger charge is -2.38. The van der Waals surface area contributed by atoms with Crippen molar-refractivity contribution in [2.75, 3.05) is 19.6 Å². The van der Waals surface area contributed by atoms with Crippen LogP contribution in [-0.4, -0.2) is 42.1 Å². The number of fused-ring (bicyclic) bond motifs is 1. The fourth-order valence-corrected chi connectivity index (χ4v) is 3.80. The fraction of sp³-hybridized carbons (Fsp3) is 0.421. The van der Waals surface area contributed by atoms with Gasteiger partial charge in [-0.05, 0) is 37.0 Å². The second-order valence-corrected chi connectivity index (χ2v) is 7.11. The van der Waals surface area contributed by atoms with E-state index in [0.717, 1.165) is 23.8 Å². The molecule has 7 heteroatoms. The summed E-state index contributed by atoms with van der Waals surface area (Å²) in [5, 5.41) is 3.44. The molecule has 1 atom stereocenters. The molecular formula is C19H20N2O5. The van der Waals surface area contributed by atoms with Crippen LogP contribution in [0.3, 0.4) is 0 Å². The number of likely N-dealkylation sites (tertiary alicyclic amines) is 1. The van der Waals surface area contributed by atoms with Gasteiger partial charge >= 0.3 is 11.7 Å². The summed E-state index contributed by atoms with van der Waals surface area (Å²) in [5.41, 5.74) is 1.04. The zero-order chi connectivity index (χ0) is 18.3. The van der Waals surface area contributed by atoms with Crippen LogP contribution < -0.4 is 10.9 Å². The Kier molecular flexibility index (Phi) is 3.94. The number of piperidine rings is 1. The number of ether oxygens (including phenoxy) is 1. The van der Waals surface area contributed by atoms with Crippen LogP contribution in [0.5, 0.6) is 0 Å². The van der Waals surface area contributed by atoms with Crippen LogP contribution in [0.25, 0.3) is 11.0 Å². The number of nitrogens with one attached hydrogen (secondary N) is 1. The number of aryl methyl sites for hydroxylation is 1. The van der Waals surface area contributed by atoms with Gasteiger partial charge in [-0.1, -0.05) is 12.1 Å². The Morgan fingerprint density at radius 2 is 2.15 bits per heavy atom. The van der Waals surface area contributed by atoms with Crippen molar-refractivity contribution in [2.24, 2.45) is 0 Å². The largest absolute Gasteiger partial charge is 0.439 e. The SMILES string of the molecule is Cc1ccc2c(CC(=O)N3CCCC4(CNC(=O)O4)C3)cc(=O)oc2c1. The fourth-order valence-electron chi connectivity index (χ4n) is 3.80. The molecule has 26 heavy (non-hydrogen) atoms. The van der Waals surface area contributed by atoms with E-state index in [0.29, 0.717) is 30.8 Å². The van der Waals surface area contributed by atoms with Crippen molar-refractivity contribution in [3.8, 4) is 0 Å². The van der Waals surface area contributed by atoms with Crippen molar-refractivity contribution in [1.29, 1.82) is 0 Å². The number of hydrogen-bond donors (Lipinski definition) is 1. The van der Waals surface area contributed by atoms with E-state index >= 15 is 0 Å². The van der Waals surface area contributed by atoms with Gasteiger partial charge in [0, 0.05) is 18.0 Å². The summed E-state index contributed by atoms with van der Waals surface area (Å²) in [5.74, 6) is -0.0838. The van der Waals surface area contributed by atoms with Crippen LogP contribution in [0.1, 0.15) is 24.0 Å². The molecular weight excluding hydrogens is 336 g/mol. The van der Waals surface area contributed by atoms with Crippen LogP contribution in [-0.2, 0) is 16.0 Å². The van der Waals surface area contributed by atoms with E-state index in [-0.39, 0.29) is 12.3 Å². The lowest BCUT2D eigenvalue weighted by atomic mass is 9.92. The van der Waals surface area contributed by atoms with Crippen molar-refractivity contribution in [2.45, 2.75) is 31.8 Å². The Bertz CT molecular complexity index is 951. The highest BCUT2D eigenvalue weighted by Crippen LogP contribution is 2.29. The molecule has 1 N–H and O–H groups in total. The molecule has 2 fully saturated rings. The summed E-state index contributed by atoms with van der Waals surface area (Å²) < 4.78 is 10.7. The zero-order valence-corrected chi connectivity index (χ0v) is 14.5. The van der Waals surface area contributed by atoms with Gasteiger partial charge in [0.2, 0.25) is 5.91 Å². The van der Waals surface area contributed by atoms with Gasteiger partial charge in [0.05, 0.1) is 19.5 Å². The number of nitrogens with zero attached hydrogens (tertiary/aromatic N) is 1. The molecule has 2 aliphatic rings. The van der Waals surface area contributed by atoms with Gasteiger partial charge in [-0.25, -0.2) is 9.59 Å². The van der Waals surface area contributed by atoms with E-state index in [1.165, 1.54) is 6.07 Å². The molecule has 1 aromatic heterocycles. The number of amides is 2. The van der Waals surface area contributed by atoms with Crippen molar-refractivity contribution in [1.82, 2.24) is 10.2 Å². The highest BCUT2D eigenvalue weighted by molar-refractivity contribution is 5.87. The van der Waals surface area contributed by atoms with Gasteiger partial charge in [0.15, 0.2) is 0 Å². The second-order valence-electron chi connectivity index (χ2n) is 7.11. The highest BCUT2D eigenvalue weighted by atomic mass is 16.6. The molecule has 0 saturated carbocycles. The predicted molar refractivity (Wildman–Crippen MR) is 94.0 cm³/mol. The minimum atomic E-state index is -0.625. The number of carbonyl (C=O) groups excluding carboxylic acids is 2. The first kappa shape index (κ1) is 16.6. The van der Waals surface area contributed by atoms with Crippen LogP contribution >= 0.6 is 0 Å². The third kappa shape index (κ3) is 3.05. The molecule has 2 saturated heterocycles. The van der Waals surface area contributed by atoms with Gasteiger partial charge < -0.3 is 19.4 Å². The molecule has 2 amide bonds. The Morgan fingerprint density at radius 3 is 2.92 bits per heavy atom. The second kappa shape index (κ2) is 6.16. The topological polar surface area (TPSA) is 88.9 Å². The van der Waals surface area contributed by atoms with E-state index < -0.39 is 17.3 Å². The quantitative estimate of drug-likeness (QED) is 0.828. The maximum Gasteiger partial charge on any atom is 0.407 e. The minimum Gasteiger partial charge on any atom is -0.439 e. The summed E-state index contributed by atoms with van der Waals surface area (Å²) in [7, 11) is 0. The minimum absolute atomic E-state index is 0.0838. The van der Waals surface area contributed by atoms with Crippen LogP contribution in [0.4, 0.5) is 4.79 Å². The monoisotopic (exact) mass is 356 g/mol. The number of rotatable bonds is 2. The molecule has 1 aromatic carbocycles. The standard InChI is InChI=1S/C19H20N2O5/c1-12-3-4-14-13(9-17(23)25-15(14)7-12)8-16(22)21-6-2-5-19(11-21)10-20-18(24)26-19/h3-4,7,9H,2,5-6,8,10-11H2,1H3,(H,20,24). The highest BCUT2D eigenvalue weighted by Gasteiger charge is 2.44. The normalized spacial score (nSPS) is 22.5. The predicted octanol–water partition coefficient (Wildman–Crippen LogP) is 1.74. The Labute approximate surface area is 149 Å². The first-order valence-electron chi connectivity index (χ1n) is 8.72. The van der Waals surface area contributed by atoms with Crippen molar-refractivity contribution in [3.05, 3.63) is 45.8 Å². The van der Waals surface area contributed by atoms with Crippen molar-refractivity contribution in [3.63, 3.8) is 0 Å². The van der Waals surface area contributed by atoms with E-state index in [2.05, 4.69) is 5.32 Å². The third-order valence-electron chi connectivity index (χ3n) is 5.08. The van der Waals surface area contributed by atoms with Gasteiger partial charge in [-0.15, -0.1) is 0 Å². The molecule has 1 unspecified atom stereocenters. The number of hydrogen-bond acceptors (Lipinski definition) is 5. The lowest BCUT2D eigenvalue weighted by Crippen LogP contribution is -2.52. The summed E-state index contributed by atoms with van der Waals surface area (Å²) in [6.07, 6.45) is 1.20. The van der Waals surface area contributed by atoms with Crippen LogP contribution in [0.2, 0.25) is 0 Å². The molecule has 7 nitrogen and oxygen atoms in total. The van der Waals surface area contributed by atoms with Gasteiger partial charge in [-0.3, -0.25) is 4.79 Å². The molecule has 0 aliphatic carbocycles. The first-order chi connectivity index (χ1) is 12.4. The Hall–Kier alpha value is -2.83. The molecule has 0 radical (unpaired) electrons. The zero-order valence-electron chi connectivity index (χ0n) is 14.5. The maximum atomic E-state index is 12.8. The van der Waals surface area contributed by atoms with E-state index in [1.807, 2.05) is 19.1 Å². The molecule has 2 aliphatic heterocycles. The van der Waals surface area contributed by atoms with Gasteiger partial charge in [-0.2, -0.15) is 0 Å². The van der Waals surface area contributed by atoms with E-state index in [9.17, 15) is 14.4 Å². The first-order valence-corrected chi connectivity index (χ1v) is 8.72. The van der Waals surface area contributed by atoms with Crippen molar-refractivity contribution >= 4 is 23.0 Å². The molecule has 4 rings (SSSR count). The summed E-state index contributed by atoms with van der Waals surface area (Å²) >= 11 is 0. The molecule has 3 heterocycles. The average molecular weight is 356 g/mol. The van der Waals surface area contributed by atoms with Gasteiger partial charge in [0.1, 0.15) is 11.2 Å². The molecule has 0 bridgehead atoms. The molecule has 136 valence electrons. The van der Waals surface area contributed by atoms with Crippen LogP contribution in [0.15, 0.2) is 33.5 Å². The summed E-state index contributed by atoms with van der Waals surface area (Å²) in [6, 6.07) is 6.98. The third-order valence-corrected chi connectivity index (χ3v) is 5.08. The van der Waals surface area contributed by atoms with E-state index in [4.69, 9.17) is 9.15 Å². The average Bonchev–Trinajstić information content (AvgIpc) is 2.94. The number of alkyl carbamates (subject to hydrolysis) is 1. The summed E-state index contributed by atoms with van der Waals surface area (Å²) in [4.78, 5) is 37.8. The number of carbonyl (C=O) groups is 2. The summed E-state index contributed by atoms with van der Waals surface area (Å²) in [6.45, 7) is 3.34.